The first-order valence-corrected chi connectivity index (χ1v) is 11.6. The summed E-state index contributed by atoms with van der Waals surface area (Å²) in [4.78, 5) is 32.1. The van der Waals surface area contributed by atoms with E-state index in [0.29, 0.717) is 30.6 Å². The summed E-state index contributed by atoms with van der Waals surface area (Å²) in [5.41, 5.74) is 1.26. The summed E-state index contributed by atoms with van der Waals surface area (Å²) in [6, 6.07) is 9.09. The summed E-state index contributed by atoms with van der Waals surface area (Å²) < 4.78 is 43.6. The highest BCUT2D eigenvalue weighted by Crippen LogP contribution is 2.36. The van der Waals surface area contributed by atoms with Gasteiger partial charge in [-0.25, -0.2) is 4.98 Å². The lowest BCUT2D eigenvalue weighted by molar-refractivity contribution is -0.142. The minimum atomic E-state index is -4.56. The molecule has 0 aliphatic heterocycles. The van der Waals surface area contributed by atoms with Crippen molar-refractivity contribution in [1.29, 1.82) is 0 Å². The van der Waals surface area contributed by atoms with E-state index in [1.165, 1.54) is 9.58 Å². The van der Waals surface area contributed by atoms with E-state index in [0.717, 1.165) is 12.1 Å². The van der Waals surface area contributed by atoms with Crippen LogP contribution in [0.2, 0.25) is 0 Å². The van der Waals surface area contributed by atoms with Gasteiger partial charge in [-0.1, -0.05) is 18.2 Å². The largest absolute Gasteiger partial charge is 0.435 e. The summed E-state index contributed by atoms with van der Waals surface area (Å²) in [6.45, 7) is -0.289. The van der Waals surface area contributed by atoms with Crippen molar-refractivity contribution in [2.24, 2.45) is 13.0 Å². The van der Waals surface area contributed by atoms with E-state index in [2.05, 4.69) is 10.1 Å². The minimum absolute atomic E-state index is 0.114. The van der Waals surface area contributed by atoms with Crippen LogP contribution >= 0.6 is 0 Å². The number of halogens is 3. The highest BCUT2D eigenvalue weighted by Gasteiger charge is 2.39. The van der Waals surface area contributed by atoms with Crippen LogP contribution in [0.4, 0.5) is 18.9 Å². The van der Waals surface area contributed by atoms with E-state index >= 15 is 0 Å². The molecule has 1 unspecified atom stereocenters. The topological polar surface area (TPSA) is 73.0 Å². The number of para-hydroxylation sites is 1. The zero-order valence-corrected chi connectivity index (χ0v) is 19.8. The average Bonchev–Trinajstić information content (AvgIpc) is 3.41. The molecule has 0 spiro atoms. The van der Waals surface area contributed by atoms with E-state index in [1.54, 1.807) is 43.3 Å². The summed E-state index contributed by atoms with van der Waals surface area (Å²) >= 11 is 0. The van der Waals surface area contributed by atoms with Crippen LogP contribution in [0.5, 0.6) is 0 Å². The monoisotopic (exact) mass is 487 g/mol. The molecule has 186 valence electrons. The van der Waals surface area contributed by atoms with E-state index in [9.17, 15) is 22.8 Å². The summed E-state index contributed by atoms with van der Waals surface area (Å²) in [7, 11) is 3.46. The van der Waals surface area contributed by atoms with Crippen molar-refractivity contribution in [3.05, 3.63) is 65.5 Å². The lowest BCUT2D eigenvalue weighted by Crippen LogP contribution is -2.36. The van der Waals surface area contributed by atoms with Crippen molar-refractivity contribution in [3.63, 3.8) is 0 Å². The number of imidazole rings is 1. The fourth-order valence-electron chi connectivity index (χ4n) is 4.67. The van der Waals surface area contributed by atoms with Crippen LogP contribution < -0.4 is 4.90 Å². The maximum atomic E-state index is 13.5. The molecule has 1 aliphatic rings. The van der Waals surface area contributed by atoms with Crippen molar-refractivity contribution in [3.8, 4) is 0 Å². The van der Waals surface area contributed by atoms with Crippen molar-refractivity contribution in [2.75, 3.05) is 11.9 Å². The number of fused-ring (bicyclic) bond motifs is 1. The number of anilines is 1. The standard InChI is InChI=1S/C25H28F3N5O2/c1-31-16-29-14-19(31)12-17(24(35)32(2)18-8-4-3-5-9-18)13-20(34)15-33-22-11-7-6-10-21(22)23(30-33)25(26,27)28/h3-5,8-9,14,16-17H,6-7,10-13,15H2,1-2H3. The molecule has 2 heterocycles. The molecule has 2 aromatic heterocycles. The Morgan fingerprint density at radius 2 is 1.86 bits per heavy atom. The Hall–Kier alpha value is -3.43. The van der Waals surface area contributed by atoms with Crippen LogP contribution in [-0.2, 0) is 48.6 Å². The van der Waals surface area contributed by atoms with Gasteiger partial charge in [0.05, 0.1) is 18.8 Å². The van der Waals surface area contributed by atoms with E-state index in [4.69, 9.17) is 0 Å². The molecule has 0 bridgehead atoms. The highest BCUT2D eigenvalue weighted by atomic mass is 19.4. The van der Waals surface area contributed by atoms with Crippen LogP contribution in [0.1, 0.15) is 41.9 Å². The first-order chi connectivity index (χ1) is 16.6. The van der Waals surface area contributed by atoms with Gasteiger partial charge in [-0.05, 0) is 37.8 Å². The second kappa shape index (κ2) is 10.1. The van der Waals surface area contributed by atoms with Crippen molar-refractivity contribution in [1.82, 2.24) is 19.3 Å². The Balaban J connectivity index is 1.56. The van der Waals surface area contributed by atoms with Gasteiger partial charge in [0.25, 0.3) is 0 Å². The first kappa shape index (κ1) is 24.7. The van der Waals surface area contributed by atoms with Gasteiger partial charge in [0.15, 0.2) is 11.5 Å². The molecule has 1 atom stereocenters. The molecule has 4 rings (SSSR count). The predicted octanol–water partition coefficient (Wildman–Crippen LogP) is 4.00. The fraction of sp³-hybridized carbons (Fsp3) is 0.440. The Morgan fingerprint density at radius 3 is 2.51 bits per heavy atom. The van der Waals surface area contributed by atoms with Crippen molar-refractivity contribution < 1.29 is 22.8 Å². The third kappa shape index (κ3) is 5.47. The number of hydrogen-bond donors (Lipinski definition) is 0. The maximum absolute atomic E-state index is 13.5. The summed E-state index contributed by atoms with van der Waals surface area (Å²) in [5, 5.41) is 3.79. The van der Waals surface area contributed by atoms with Crippen LogP contribution in [0, 0.1) is 5.92 Å². The first-order valence-electron chi connectivity index (χ1n) is 11.6. The van der Waals surface area contributed by atoms with Crippen LogP contribution in [0.15, 0.2) is 42.9 Å². The number of hydrogen-bond acceptors (Lipinski definition) is 4. The van der Waals surface area contributed by atoms with Gasteiger partial charge in [0.1, 0.15) is 0 Å². The number of aryl methyl sites for hydroxylation is 1. The molecular formula is C25H28F3N5O2. The second-order valence-electron chi connectivity index (χ2n) is 9.01. The van der Waals surface area contributed by atoms with Gasteiger partial charge >= 0.3 is 6.18 Å². The summed E-state index contributed by atoms with van der Waals surface area (Å²) in [5.74, 6) is -1.28. The van der Waals surface area contributed by atoms with Crippen LogP contribution in [-0.4, -0.2) is 38.1 Å². The Morgan fingerprint density at radius 1 is 1.14 bits per heavy atom. The number of Topliss-reactive ketones (excluding diaryl/α,β-unsaturated/α-hetero) is 1. The van der Waals surface area contributed by atoms with E-state index in [-0.39, 0.29) is 36.6 Å². The molecule has 0 N–H and O–H groups in total. The van der Waals surface area contributed by atoms with E-state index in [1.807, 2.05) is 18.2 Å². The van der Waals surface area contributed by atoms with Crippen molar-refractivity contribution in [2.45, 2.75) is 51.2 Å². The molecule has 0 radical (unpaired) electrons. The lowest BCUT2D eigenvalue weighted by Gasteiger charge is -2.24. The Bertz CT molecular complexity index is 1200. The molecule has 1 amide bonds. The number of ketones is 1. The zero-order chi connectivity index (χ0) is 25.2. The minimum Gasteiger partial charge on any atom is -0.338 e. The van der Waals surface area contributed by atoms with Gasteiger partial charge < -0.3 is 9.47 Å². The molecule has 0 saturated heterocycles. The average molecular weight is 488 g/mol. The SMILES string of the molecule is CN(C(=O)C(CC(=O)Cn1nc(C(F)(F)F)c2c1CCCC2)Cc1cncn1C)c1ccccc1. The molecule has 1 aliphatic carbocycles. The number of rotatable bonds is 8. The molecular weight excluding hydrogens is 459 g/mol. The van der Waals surface area contributed by atoms with Crippen molar-refractivity contribution >= 4 is 17.4 Å². The molecule has 35 heavy (non-hydrogen) atoms. The van der Waals surface area contributed by atoms with Crippen LogP contribution in [0.3, 0.4) is 0 Å². The van der Waals surface area contributed by atoms with E-state index < -0.39 is 17.8 Å². The highest BCUT2D eigenvalue weighted by molar-refractivity contribution is 5.97. The van der Waals surface area contributed by atoms with Gasteiger partial charge in [-0.15, -0.1) is 0 Å². The number of amides is 1. The third-order valence-electron chi connectivity index (χ3n) is 6.52. The number of alkyl halides is 3. The third-order valence-corrected chi connectivity index (χ3v) is 6.52. The maximum Gasteiger partial charge on any atom is 0.435 e. The zero-order valence-electron chi connectivity index (χ0n) is 19.8. The summed E-state index contributed by atoms with van der Waals surface area (Å²) in [6.07, 6.45) is 1.06. The molecule has 1 aromatic carbocycles. The predicted molar refractivity (Wildman–Crippen MR) is 124 cm³/mol. The molecule has 0 fully saturated rings. The lowest BCUT2D eigenvalue weighted by atomic mass is 9.94. The Kier molecular flexibility index (Phi) is 7.09. The fourth-order valence-corrected chi connectivity index (χ4v) is 4.67. The molecule has 10 heteroatoms. The van der Waals surface area contributed by atoms with Gasteiger partial charge in [-0.3, -0.25) is 14.3 Å². The molecule has 0 saturated carbocycles. The van der Waals surface area contributed by atoms with Gasteiger partial charge in [0, 0.05) is 55.8 Å². The number of aromatic nitrogens is 4. The number of carbonyl (C=O) groups is 2. The number of benzene rings is 1. The second-order valence-corrected chi connectivity index (χ2v) is 9.01. The normalized spacial score (nSPS) is 14.4. The van der Waals surface area contributed by atoms with Gasteiger partial charge in [-0.2, -0.15) is 18.3 Å². The molecule has 7 nitrogen and oxygen atoms in total. The number of nitrogens with zero attached hydrogens (tertiary/aromatic N) is 5. The number of carbonyl (C=O) groups excluding carboxylic acids is 2. The smallest absolute Gasteiger partial charge is 0.338 e. The van der Waals surface area contributed by atoms with Crippen LogP contribution in [0.25, 0.3) is 0 Å². The quantitative estimate of drug-likeness (QED) is 0.482. The Labute approximate surface area is 201 Å². The van der Waals surface area contributed by atoms with Gasteiger partial charge in [0.2, 0.25) is 5.91 Å². The molecule has 3 aromatic rings.